The molecule has 2 heterocycles. The van der Waals surface area contributed by atoms with Gasteiger partial charge >= 0.3 is 0 Å². The van der Waals surface area contributed by atoms with E-state index >= 15 is 0 Å². The van der Waals surface area contributed by atoms with E-state index in [9.17, 15) is 4.79 Å². The summed E-state index contributed by atoms with van der Waals surface area (Å²) >= 11 is 0. The Morgan fingerprint density at radius 1 is 1.14 bits per heavy atom. The number of nitrogens with zero attached hydrogens (tertiary/aromatic N) is 1. The van der Waals surface area contributed by atoms with E-state index in [1.54, 1.807) is 0 Å². The van der Waals surface area contributed by atoms with Gasteiger partial charge in [0.15, 0.2) is 0 Å². The number of rotatable bonds is 3. The van der Waals surface area contributed by atoms with Crippen molar-refractivity contribution in [3.8, 4) is 0 Å². The molecule has 1 amide bonds. The average Bonchev–Trinajstić information content (AvgIpc) is 2.76. The molecule has 21 heavy (non-hydrogen) atoms. The maximum atomic E-state index is 12.4. The van der Waals surface area contributed by atoms with Gasteiger partial charge in [0.2, 0.25) is 5.91 Å². The summed E-state index contributed by atoms with van der Waals surface area (Å²) < 4.78 is 0. The molecule has 0 bridgehead atoms. The van der Waals surface area contributed by atoms with E-state index in [0.29, 0.717) is 17.4 Å². The van der Waals surface area contributed by atoms with Gasteiger partial charge in [-0.2, -0.15) is 0 Å². The minimum Gasteiger partial charge on any atom is -0.343 e. The van der Waals surface area contributed by atoms with Crippen LogP contribution in [0.15, 0.2) is 0 Å². The van der Waals surface area contributed by atoms with Gasteiger partial charge in [-0.3, -0.25) is 4.79 Å². The maximum absolute atomic E-state index is 12.4. The lowest BCUT2D eigenvalue weighted by molar-refractivity contribution is -0.131. The van der Waals surface area contributed by atoms with Gasteiger partial charge in [-0.15, -0.1) is 12.4 Å². The molecule has 0 aliphatic carbocycles. The Morgan fingerprint density at radius 2 is 1.90 bits per heavy atom. The fraction of sp³-hybridized carbons (Fsp3) is 0.941. The molecule has 0 aromatic carbocycles. The first-order valence-corrected chi connectivity index (χ1v) is 8.48. The van der Waals surface area contributed by atoms with Crippen molar-refractivity contribution in [2.24, 2.45) is 11.3 Å². The molecule has 2 unspecified atom stereocenters. The Hall–Kier alpha value is -0.280. The van der Waals surface area contributed by atoms with E-state index in [2.05, 4.69) is 31.0 Å². The molecule has 2 atom stereocenters. The lowest BCUT2D eigenvalue weighted by Gasteiger charge is -2.29. The Bertz CT molecular complexity index is 321. The van der Waals surface area contributed by atoms with Crippen LogP contribution in [0, 0.1) is 11.3 Å². The summed E-state index contributed by atoms with van der Waals surface area (Å²) in [5.41, 5.74) is 0.382. The van der Waals surface area contributed by atoms with Crippen molar-refractivity contribution in [1.29, 1.82) is 0 Å². The highest BCUT2D eigenvalue weighted by atomic mass is 35.5. The summed E-state index contributed by atoms with van der Waals surface area (Å²) in [5.74, 6) is 1.14. The number of hydrogen-bond donors (Lipinski definition) is 1. The number of carbonyl (C=O) groups excluding carboxylic acids is 1. The van der Waals surface area contributed by atoms with E-state index in [-0.39, 0.29) is 12.4 Å². The molecule has 2 saturated heterocycles. The van der Waals surface area contributed by atoms with Crippen molar-refractivity contribution in [2.75, 3.05) is 19.6 Å². The average molecular weight is 317 g/mol. The van der Waals surface area contributed by atoms with Gasteiger partial charge in [0, 0.05) is 25.6 Å². The third-order valence-corrected chi connectivity index (χ3v) is 5.17. The van der Waals surface area contributed by atoms with Crippen molar-refractivity contribution in [3.63, 3.8) is 0 Å². The highest BCUT2D eigenvalue weighted by Gasteiger charge is 2.28. The third-order valence-electron chi connectivity index (χ3n) is 5.17. The molecule has 0 saturated carbocycles. The van der Waals surface area contributed by atoms with Crippen LogP contribution in [0.4, 0.5) is 0 Å². The van der Waals surface area contributed by atoms with E-state index in [1.165, 1.54) is 32.1 Å². The Kier molecular flexibility index (Phi) is 7.49. The van der Waals surface area contributed by atoms with Crippen molar-refractivity contribution in [3.05, 3.63) is 0 Å². The summed E-state index contributed by atoms with van der Waals surface area (Å²) in [6.45, 7) is 10.1. The van der Waals surface area contributed by atoms with E-state index in [4.69, 9.17) is 0 Å². The Labute approximate surface area is 136 Å². The van der Waals surface area contributed by atoms with Gasteiger partial charge in [0.1, 0.15) is 0 Å². The summed E-state index contributed by atoms with van der Waals surface area (Å²) in [6.07, 6.45) is 7.91. The summed E-state index contributed by atoms with van der Waals surface area (Å²) in [6, 6.07) is 0.591. The number of nitrogens with one attached hydrogen (secondary N) is 1. The van der Waals surface area contributed by atoms with E-state index < -0.39 is 0 Å². The zero-order valence-electron chi connectivity index (χ0n) is 14.0. The lowest BCUT2D eigenvalue weighted by Crippen LogP contribution is -2.33. The summed E-state index contributed by atoms with van der Waals surface area (Å²) in [7, 11) is 0. The summed E-state index contributed by atoms with van der Waals surface area (Å²) in [4.78, 5) is 14.5. The smallest absolute Gasteiger partial charge is 0.222 e. The fourth-order valence-corrected chi connectivity index (χ4v) is 3.67. The highest BCUT2D eigenvalue weighted by Crippen LogP contribution is 2.34. The largest absolute Gasteiger partial charge is 0.343 e. The third kappa shape index (κ3) is 5.78. The van der Waals surface area contributed by atoms with Gasteiger partial charge in [-0.05, 0) is 56.4 Å². The molecule has 0 spiro atoms. The Morgan fingerprint density at radius 3 is 2.52 bits per heavy atom. The fourth-order valence-electron chi connectivity index (χ4n) is 3.67. The highest BCUT2D eigenvalue weighted by molar-refractivity contribution is 5.85. The minimum absolute atomic E-state index is 0. The molecule has 0 aromatic heterocycles. The van der Waals surface area contributed by atoms with E-state index in [0.717, 1.165) is 38.4 Å². The number of hydrogen-bond acceptors (Lipinski definition) is 2. The molecule has 124 valence electrons. The predicted octanol–water partition coefficient (Wildman–Crippen LogP) is 3.62. The molecular formula is C17H33ClN2O. The minimum atomic E-state index is 0. The van der Waals surface area contributed by atoms with Crippen molar-refractivity contribution >= 4 is 18.3 Å². The number of carbonyl (C=O) groups is 1. The van der Waals surface area contributed by atoms with Crippen LogP contribution in [0.3, 0.4) is 0 Å². The first-order valence-electron chi connectivity index (χ1n) is 8.48. The molecule has 1 N–H and O–H groups in total. The molecule has 2 aliphatic rings. The molecule has 4 heteroatoms. The van der Waals surface area contributed by atoms with Crippen molar-refractivity contribution < 1.29 is 4.79 Å². The quantitative estimate of drug-likeness (QED) is 0.862. The Balaban J connectivity index is 0.00000220. The topological polar surface area (TPSA) is 32.3 Å². The van der Waals surface area contributed by atoms with Gasteiger partial charge in [-0.1, -0.05) is 20.8 Å². The van der Waals surface area contributed by atoms with Crippen LogP contribution >= 0.6 is 12.4 Å². The molecule has 0 radical (unpaired) electrons. The normalized spacial score (nSPS) is 27.1. The van der Waals surface area contributed by atoms with Gasteiger partial charge in [0.25, 0.3) is 0 Å². The van der Waals surface area contributed by atoms with E-state index in [1.807, 2.05) is 0 Å². The second-order valence-corrected chi connectivity index (χ2v) is 7.71. The van der Waals surface area contributed by atoms with Crippen LogP contribution in [-0.2, 0) is 4.79 Å². The molecule has 3 nitrogen and oxygen atoms in total. The lowest BCUT2D eigenvalue weighted by atomic mass is 9.77. The van der Waals surface area contributed by atoms with Crippen LogP contribution < -0.4 is 5.32 Å². The zero-order chi connectivity index (χ0) is 14.6. The number of likely N-dealkylation sites (tertiary alicyclic amines) is 1. The van der Waals surface area contributed by atoms with Crippen LogP contribution in [0.1, 0.15) is 65.7 Å². The van der Waals surface area contributed by atoms with Crippen LogP contribution in [0.2, 0.25) is 0 Å². The zero-order valence-corrected chi connectivity index (χ0v) is 14.8. The molecular weight excluding hydrogens is 284 g/mol. The number of amides is 1. The SMILES string of the molecule is CC(C)(C)C1CCCN(C(=O)CCC2CCCN2)CC1.Cl. The van der Waals surface area contributed by atoms with Crippen LogP contribution in [0.5, 0.6) is 0 Å². The van der Waals surface area contributed by atoms with Crippen LogP contribution in [-0.4, -0.2) is 36.5 Å². The van der Waals surface area contributed by atoms with Crippen LogP contribution in [0.25, 0.3) is 0 Å². The second-order valence-electron chi connectivity index (χ2n) is 7.71. The molecule has 2 aliphatic heterocycles. The van der Waals surface area contributed by atoms with Gasteiger partial charge in [-0.25, -0.2) is 0 Å². The standard InChI is InChI=1S/C17H32N2O.ClH/c1-17(2,3)14-6-5-12-19(13-10-14)16(20)9-8-15-7-4-11-18-15;/h14-15,18H,4-13H2,1-3H3;1H. The molecule has 0 aromatic rings. The summed E-state index contributed by atoms with van der Waals surface area (Å²) in [5, 5.41) is 3.48. The van der Waals surface area contributed by atoms with Crippen molar-refractivity contribution in [1.82, 2.24) is 10.2 Å². The maximum Gasteiger partial charge on any atom is 0.222 e. The molecule has 2 rings (SSSR count). The second kappa shape index (κ2) is 8.38. The van der Waals surface area contributed by atoms with Crippen molar-refractivity contribution in [2.45, 2.75) is 71.8 Å². The first kappa shape index (κ1) is 18.8. The van der Waals surface area contributed by atoms with Gasteiger partial charge in [0.05, 0.1) is 0 Å². The monoisotopic (exact) mass is 316 g/mol. The van der Waals surface area contributed by atoms with Gasteiger partial charge < -0.3 is 10.2 Å². The molecule has 2 fully saturated rings. The number of halogens is 1. The predicted molar refractivity (Wildman–Crippen MR) is 90.9 cm³/mol. The first-order chi connectivity index (χ1) is 9.47.